The molecule has 0 atom stereocenters. The average Bonchev–Trinajstić information content (AvgIpc) is 2.86. The predicted molar refractivity (Wildman–Crippen MR) is 137 cm³/mol. The molecule has 0 saturated heterocycles. The van der Waals surface area contributed by atoms with Gasteiger partial charge in [0.1, 0.15) is 0 Å². The van der Waals surface area contributed by atoms with Gasteiger partial charge in [-0.15, -0.1) is 0 Å². The van der Waals surface area contributed by atoms with Gasteiger partial charge in [-0.1, -0.05) is 87.4 Å². The molecule has 4 rings (SSSR count). The highest BCUT2D eigenvalue weighted by Gasteiger charge is 2.18. The van der Waals surface area contributed by atoms with Crippen LogP contribution in [0.3, 0.4) is 0 Å². The van der Waals surface area contributed by atoms with Crippen LogP contribution in [-0.2, 0) is 6.54 Å². The van der Waals surface area contributed by atoms with Crippen molar-refractivity contribution in [3.63, 3.8) is 0 Å². The third-order valence-corrected chi connectivity index (χ3v) is 6.49. The fourth-order valence-corrected chi connectivity index (χ4v) is 4.57. The molecule has 1 fully saturated rings. The molecule has 1 aromatic heterocycles. The minimum atomic E-state index is -0.447. The summed E-state index contributed by atoms with van der Waals surface area (Å²) in [5.41, 5.74) is 4.98. The molecule has 0 spiro atoms. The molecule has 0 radical (unpaired) electrons. The number of amides is 1. The Balaban J connectivity index is 1.59. The molecule has 178 valence electrons. The first-order valence-electron chi connectivity index (χ1n) is 12.6. The van der Waals surface area contributed by atoms with E-state index in [1.807, 2.05) is 42.5 Å². The molecular formula is C28H34N4O2. The lowest BCUT2D eigenvalue weighted by molar-refractivity contribution is 0.0939. The van der Waals surface area contributed by atoms with E-state index in [1.165, 1.54) is 49.5 Å². The van der Waals surface area contributed by atoms with Crippen LogP contribution >= 0.6 is 0 Å². The molecule has 3 aromatic rings. The maximum absolute atomic E-state index is 13.3. The summed E-state index contributed by atoms with van der Waals surface area (Å²) in [7, 11) is 0. The number of hydrazone groups is 1. The van der Waals surface area contributed by atoms with Gasteiger partial charge in [0, 0.05) is 5.71 Å². The maximum Gasteiger partial charge on any atom is 0.307 e. The van der Waals surface area contributed by atoms with Gasteiger partial charge in [-0.05, 0) is 43.4 Å². The molecule has 1 heterocycles. The monoisotopic (exact) mass is 458 g/mol. The fraction of sp³-hybridized carbons (Fsp3) is 0.429. The molecule has 1 aliphatic rings. The lowest BCUT2D eigenvalue weighted by Gasteiger charge is -2.13. The Morgan fingerprint density at radius 3 is 2.09 bits per heavy atom. The average molecular weight is 459 g/mol. The van der Waals surface area contributed by atoms with Crippen LogP contribution < -0.4 is 11.0 Å². The van der Waals surface area contributed by atoms with Crippen molar-refractivity contribution in [2.75, 3.05) is 0 Å². The summed E-state index contributed by atoms with van der Waals surface area (Å²) in [5, 5.41) is 5.01. The SMILES string of the molecule is O=C(NN=C1CCCCCCCCCCC1)c1nc2ccccc2c(=O)n1Cc1ccccc1. The standard InChI is InChI=1S/C28H34N4O2/c33-27(31-30-23-17-11-6-4-2-1-3-5-7-12-18-23)26-29-25-20-14-13-19-24(25)28(34)32(26)21-22-15-9-8-10-16-22/h8-10,13-16,19-20H,1-7,11-12,17-18,21H2,(H,31,33). The zero-order chi connectivity index (χ0) is 23.6. The van der Waals surface area contributed by atoms with Crippen LogP contribution in [0, 0.1) is 0 Å². The van der Waals surface area contributed by atoms with E-state index < -0.39 is 5.91 Å². The summed E-state index contributed by atoms with van der Waals surface area (Å²) in [6.45, 7) is 0.275. The van der Waals surface area contributed by atoms with Crippen molar-refractivity contribution in [2.45, 2.75) is 77.2 Å². The molecule has 1 N–H and O–H groups in total. The van der Waals surface area contributed by atoms with Crippen LogP contribution in [-0.4, -0.2) is 21.2 Å². The minimum Gasteiger partial charge on any atom is -0.283 e. The number of para-hydroxylation sites is 1. The molecule has 1 amide bonds. The van der Waals surface area contributed by atoms with E-state index in [9.17, 15) is 9.59 Å². The lowest BCUT2D eigenvalue weighted by atomic mass is 10.00. The largest absolute Gasteiger partial charge is 0.307 e. The molecule has 0 bridgehead atoms. The van der Waals surface area contributed by atoms with Crippen molar-refractivity contribution in [1.82, 2.24) is 15.0 Å². The van der Waals surface area contributed by atoms with E-state index in [0.29, 0.717) is 10.9 Å². The number of nitrogens with zero attached hydrogens (tertiary/aromatic N) is 3. The number of benzene rings is 2. The zero-order valence-corrected chi connectivity index (χ0v) is 19.8. The van der Waals surface area contributed by atoms with Crippen LogP contribution in [0.1, 0.15) is 86.8 Å². The smallest absolute Gasteiger partial charge is 0.283 e. The van der Waals surface area contributed by atoms with Gasteiger partial charge < -0.3 is 0 Å². The second-order valence-corrected chi connectivity index (χ2v) is 9.13. The zero-order valence-electron chi connectivity index (χ0n) is 19.8. The van der Waals surface area contributed by atoms with Crippen molar-refractivity contribution in [2.24, 2.45) is 5.10 Å². The molecule has 2 aromatic carbocycles. The number of rotatable bonds is 4. The fourth-order valence-electron chi connectivity index (χ4n) is 4.57. The predicted octanol–water partition coefficient (Wildman–Crippen LogP) is 5.84. The minimum absolute atomic E-state index is 0.0880. The Morgan fingerprint density at radius 1 is 0.824 bits per heavy atom. The third kappa shape index (κ3) is 6.40. The van der Waals surface area contributed by atoms with E-state index in [0.717, 1.165) is 37.0 Å². The summed E-state index contributed by atoms with van der Waals surface area (Å²) in [6.07, 6.45) is 12.9. The van der Waals surface area contributed by atoms with Gasteiger partial charge in [0.05, 0.1) is 17.4 Å². The summed E-state index contributed by atoms with van der Waals surface area (Å²) in [6, 6.07) is 16.8. The van der Waals surface area contributed by atoms with Crippen LogP contribution in [0.2, 0.25) is 0 Å². The van der Waals surface area contributed by atoms with E-state index in [-0.39, 0.29) is 17.9 Å². The van der Waals surface area contributed by atoms with E-state index in [4.69, 9.17) is 0 Å². The molecule has 0 aliphatic heterocycles. The maximum atomic E-state index is 13.3. The quantitative estimate of drug-likeness (QED) is 0.499. The van der Waals surface area contributed by atoms with E-state index in [2.05, 4.69) is 15.5 Å². The first-order valence-corrected chi connectivity index (χ1v) is 12.6. The Morgan fingerprint density at radius 2 is 1.41 bits per heavy atom. The molecule has 1 saturated carbocycles. The molecular weight excluding hydrogens is 424 g/mol. The number of nitrogens with one attached hydrogen (secondary N) is 1. The van der Waals surface area contributed by atoms with Gasteiger partial charge in [0.2, 0.25) is 5.82 Å². The van der Waals surface area contributed by atoms with Crippen molar-refractivity contribution < 1.29 is 4.79 Å². The lowest BCUT2D eigenvalue weighted by Crippen LogP contribution is -2.33. The summed E-state index contributed by atoms with van der Waals surface area (Å²) >= 11 is 0. The Labute approximate surface area is 201 Å². The Hall–Kier alpha value is -3.28. The number of carbonyl (C=O) groups excluding carboxylic acids is 1. The van der Waals surface area contributed by atoms with Crippen LogP contribution in [0.25, 0.3) is 10.9 Å². The second kappa shape index (κ2) is 12.3. The van der Waals surface area contributed by atoms with Gasteiger partial charge in [0.25, 0.3) is 5.56 Å². The molecule has 34 heavy (non-hydrogen) atoms. The Kier molecular flexibility index (Phi) is 8.60. The third-order valence-electron chi connectivity index (χ3n) is 6.49. The van der Waals surface area contributed by atoms with Gasteiger partial charge >= 0.3 is 5.91 Å². The van der Waals surface area contributed by atoms with Crippen LogP contribution in [0.4, 0.5) is 0 Å². The van der Waals surface area contributed by atoms with Crippen molar-refractivity contribution in [1.29, 1.82) is 0 Å². The molecule has 6 heteroatoms. The summed E-state index contributed by atoms with van der Waals surface area (Å²) in [5.74, 6) is -0.359. The number of fused-ring (bicyclic) bond motifs is 1. The van der Waals surface area contributed by atoms with Crippen molar-refractivity contribution >= 4 is 22.5 Å². The van der Waals surface area contributed by atoms with E-state index in [1.54, 1.807) is 12.1 Å². The summed E-state index contributed by atoms with van der Waals surface area (Å²) < 4.78 is 1.45. The van der Waals surface area contributed by atoms with E-state index >= 15 is 0 Å². The van der Waals surface area contributed by atoms with Crippen molar-refractivity contribution in [3.05, 3.63) is 76.3 Å². The van der Waals surface area contributed by atoms with Gasteiger partial charge in [-0.2, -0.15) is 5.10 Å². The van der Waals surface area contributed by atoms with Crippen molar-refractivity contribution in [3.8, 4) is 0 Å². The second-order valence-electron chi connectivity index (χ2n) is 9.13. The normalized spacial score (nSPS) is 15.8. The molecule has 6 nitrogen and oxygen atoms in total. The highest BCUT2D eigenvalue weighted by molar-refractivity contribution is 5.94. The topological polar surface area (TPSA) is 76.3 Å². The van der Waals surface area contributed by atoms with Crippen LogP contribution in [0.5, 0.6) is 0 Å². The highest BCUT2D eigenvalue weighted by atomic mass is 16.2. The molecule has 0 unspecified atom stereocenters. The number of carbonyl (C=O) groups is 1. The van der Waals surface area contributed by atoms with Gasteiger partial charge in [-0.25, -0.2) is 10.4 Å². The number of hydrogen-bond acceptors (Lipinski definition) is 4. The number of hydrogen-bond donors (Lipinski definition) is 1. The van der Waals surface area contributed by atoms with Gasteiger partial charge in [0.15, 0.2) is 0 Å². The molecule has 1 aliphatic carbocycles. The Bertz CT molecular complexity index is 1170. The van der Waals surface area contributed by atoms with Gasteiger partial charge in [-0.3, -0.25) is 14.2 Å². The summed E-state index contributed by atoms with van der Waals surface area (Å²) in [4.78, 5) is 31.1. The number of aromatic nitrogens is 2. The first-order chi connectivity index (χ1) is 16.7. The van der Waals surface area contributed by atoms with Crippen LogP contribution in [0.15, 0.2) is 64.5 Å². The highest BCUT2D eigenvalue weighted by Crippen LogP contribution is 2.16. The first kappa shape index (κ1) is 23.9.